The Balaban J connectivity index is 2.36. The van der Waals surface area contributed by atoms with Crippen LogP contribution in [-0.2, 0) is 16.6 Å². The minimum Gasteiger partial charge on any atom is -0.321 e. The summed E-state index contributed by atoms with van der Waals surface area (Å²) in [5, 5.41) is -1.07. The molecule has 0 radical (unpaired) electrons. The summed E-state index contributed by atoms with van der Waals surface area (Å²) in [5.41, 5.74) is 0.128. The smallest absolute Gasteiger partial charge is 0.316 e. The van der Waals surface area contributed by atoms with Crippen LogP contribution in [0.2, 0.25) is 5.02 Å². The predicted octanol–water partition coefficient (Wildman–Crippen LogP) is 2.17. The van der Waals surface area contributed by atoms with Crippen molar-refractivity contribution in [3.63, 3.8) is 0 Å². The fraction of sp³-hybridized carbons (Fsp3) is 0.500. The van der Waals surface area contributed by atoms with E-state index in [2.05, 4.69) is 4.72 Å². The number of carbonyl (C=O) groups is 1. The number of hydrogen-bond acceptors (Lipinski definition) is 3. The molecule has 1 aromatic rings. The van der Waals surface area contributed by atoms with E-state index in [0.29, 0.717) is 0 Å². The van der Waals surface area contributed by atoms with Gasteiger partial charge in [0, 0.05) is 14.1 Å². The van der Waals surface area contributed by atoms with Crippen molar-refractivity contribution in [2.24, 2.45) is 0 Å². The molecule has 0 spiro atoms. The van der Waals surface area contributed by atoms with Gasteiger partial charge in [0.05, 0.1) is 23.7 Å². The molecule has 1 heterocycles. The fourth-order valence-electron chi connectivity index (χ4n) is 2.67. The van der Waals surface area contributed by atoms with Gasteiger partial charge < -0.3 is 4.90 Å². The molecular formula is C14H17Cl2F2N3O3S. The number of halogens is 4. The van der Waals surface area contributed by atoms with Gasteiger partial charge in [0.2, 0.25) is 0 Å². The van der Waals surface area contributed by atoms with Crippen LogP contribution in [0.25, 0.3) is 0 Å². The first-order chi connectivity index (χ1) is 11.5. The highest BCUT2D eigenvalue weighted by Gasteiger charge is 2.46. The van der Waals surface area contributed by atoms with Crippen LogP contribution in [0.5, 0.6) is 0 Å². The molecule has 1 N–H and O–H groups in total. The van der Waals surface area contributed by atoms with Crippen LogP contribution in [-0.4, -0.2) is 61.9 Å². The second-order valence-electron chi connectivity index (χ2n) is 5.84. The highest BCUT2D eigenvalue weighted by atomic mass is 35.5. The first-order valence-electron chi connectivity index (χ1n) is 7.27. The van der Waals surface area contributed by atoms with Gasteiger partial charge in [-0.15, -0.1) is 0 Å². The van der Waals surface area contributed by atoms with Gasteiger partial charge in [0.15, 0.2) is 0 Å². The normalized spacial score (nSPS) is 24.1. The maximum Gasteiger partial charge on any atom is 0.316 e. The Bertz CT molecular complexity index is 764. The molecule has 2 rings (SSSR count). The predicted molar refractivity (Wildman–Crippen MR) is 91.3 cm³/mol. The monoisotopic (exact) mass is 415 g/mol. The Morgan fingerprint density at radius 1 is 1.44 bits per heavy atom. The number of rotatable bonds is 5. The van der Waals surface area contributed by atoms with Crippen LogP contribution >= 0.6 is 23.2 Å². The molecule has 11 heteroatoms. The second kappa shape index (κ2) is 7.71. The van der Waals surface area contributed by atoms with Gasteiger partial charge in [-0.25, -0.2) is 8.78 Å². The standard InChI is InChI=1S/C14H17Cl2F2N3O3S/c1-20(2)25(23,24)19-13-10(17)7-21(14(16)22)11(13)6-8-4-3-5-9(15)12(8)18/h3-5,10-11,13,19H,6-7H2,1-2H3. The van der Waals surface area contributed by atoms with Gasteiger partial charge in [-0.3, -0.25) is 4.79 Å². The Morgan fingerprint density at radius 2 is 2.08 bits per heavy atom. The minimum absolute atomic E-state index is 0.124. The summed E-state index contributed by atoms with van der Waals surface area (Å²) in [4.78, 5) is 12.6. The Morgan fingerprint density at radius 3 is 2.64 bits per heavy atom. The molecular weight excluding hydrogens is 399 g/mol. The third-order valence-corrected chi connectivity index (χ3v) is 6.07. The SMILES string of the molecule is CN(C)S(=O)(=O)NC1C(F)CN(C(=O)Cl)C1Cc1cccc(Cl)c1F. The molecule has 1 fully saturated rings. The molecule has 1 saturated heterocycles. The summed E-state index contributed by atoms with van der Waals surface area (Å²) >= 11 is 11.2. The van der Waals surface area contributed by atoms with E-state index in [9.17, 15) is 22.0 Å². The van der Waals surface area contributed by atoms with Crippen LogP contribution in [0.1, 0.15) is 5.56 Å². The first kappa shape index (κ1) is 20.3. The van der Waals surface area contributed by atoms with E-state index >= 15 is 0 Å². The molecule has 0 saturated carbocycles. The second-order valence-corrected chi connectivity index (χ2v) is 8.48. The molecule has 3 unspecified atom stereocenters. The Hall–Kier alpha value is -1.00. The number of likely N-dealkylation sites (tertiary alicyclic amines) is 1. The lowest BCUT2D eigenvalue weighted by molar-refractivity contribution is 0.211. The van der Waals surface area contributed by atoms with Crippen LogP contribution in [0.15, 0.2) is 18.2 Å². The van der Waals surface area contributed by atoms with E-state index < -0.39 is 46.2 Å². The van der Waals surface area contributed by atoms with Gasteiger partial charge >= 0.3 is 5.37 Å². The molecule has 1 amide bonds. The van der Waals surface area contributed by atoms with Crippen molar-refractivity contribution in [2.75, 3.05) is 20.6 Å². The lowest BCUT2D eigenvalue weighted by atomic mass is 10.00. The van der Waals surface area contributed by atoms with Crippen molar-refractivity contribution in [1.82, 2.24) is 13.9 Å². The van der Waals surface area contributed by atoms with Crippen molar-refractivity contribution in [3.8, 4) is 0 Å². The lowest BCUT2D eigenvalue weighted by Crippen LogP contribution is -2.51. The Labute approximate surface area is 154 Å². The van der Waals surface area contributed by atoms with Gasteiger partial charge in [-0.1, -0.05) is 23.7 Å². The summed E-state index contributed by atoms with van der Waals surface area (Å²) in [5.74, 6) is -0.706. The molecule has 1 aromatic carbocycles. The van der Waals surface area contributed by atoms with E-state index in [1.54, 1.807) is 0 Å². The summed E-state index contributed by atoms with van der Waals surface area (Å²) in [6.07, 6.45) is -1.84. The number of alkyl halides is 1. The number of nitrogens with one attached hydrogen (secondary N) is 1. The molecule has 3 atom stereocenters. The van der Waals surface area contributed by atoms with Gasteiger partial charge in [0.25, 0.3) is 10.2 Å². The first-order valence-corrected chi connectivity index (χ1v) is 9.47. The van der Waals surface area contributed by atoms with E-state index in [1.165, 1.54) is 32.3 Å². The van der Waals surface area contributed by atoms with Crippen molar-refractivity contribution in [3.05, 3.63) is 34.6 Å². The van der Waals surface area contributed by atoms with Crippen molar-refractivity contribution >= 4 is 38.8 Å². The van der Waals surface area contributed by atoms with Gasteiger partial charge in [0.1, 0.15) is 12.0 Å². The summed E-state index contributed by atoms with van der Waals surface area (Å²) in [7, 11) is -1.41. The zero-order valence-corrected chi connectivity index (χ0v) is 15.7. The zero-order chi connectivity index (χ0) is 18.9. The number of carbonyl (C=O) groups excluding carboxylic acids is 1. The number of amides is 1. The molecule has 25 heavy (non-hydrogen) atoms. The molecule has 1 aliphatic rings. The Kier molecular flexibility index (Phi) is 6.26. The third-order valence-electron chi connectivity index (χ3n) is 4.03. The van der Waals surface area contributed by atoms with Crippen molar-refractivity contribution in [2.45, 2.75) is 24.7 Å². The minimum atomic E-state index is -3.96. The highest BCUT2D eigenvalue weighted by molar-refractivity contribution is 7.87. The summed E-state index contributed by atoms with van der Waals surface area (Å²) < 4.78 is 55.7. The van der Waals surface area contributed by atoms with Crippen molar-refractivity contribution in [1.29, 1.82) is 0 Å². The third kappa shape index (κ3) is 4.40. The fourth-order valence-corrected chi connectivity index (χ4v) is 3.92. The molecule has 0 aromatic heterocycles. The molecule has 1 aliphatic heterocycles. The largest absolute Gasteiger partial charge is 0.321 e. The van der Waals surface area contributed by atoms with E-state index in [0.717, 1.165) is 9.21 Å². The van der Waals surface area contributed by atoms with Crippen LogP contribution in [0.4, 0.5) is 13.6 Å². The average Bonchev–Trinajstić information content (AvgIpc) is 2.80. The lowest BCUT2D eigenvalue weighted by Gasteiger charge is -2.28. The number of benzene rings is 1. The molecule has 0 bridgehead atoms. The topological polar surface area (TPSA) is 69.7 Å². The maximum atomic E-state index is 14.4. The van der Waals surface area contributed by atoms with Crippen LogP contribution < -0.4 is 4.72 Å². The van der Waals surface area contributed by atoms with E-state index in [1.807, 2.05) is 0 Å². The van der Waals surface area contributed by atoms with E-state index in [-0.39, 0.29) is 17.0 Å². The molecule has 0 aliphatic carbocycles. The van der Waals surface area contributed by atoms with Gasteiger partial charge in [-0.2, -0.15) is 17.4 Å². The van der Waals surface area contributed by atoms with E-state index in [4.69, 9.17) is 23.2 Å². The average molecular weight is 416 g/mol. The van der Waals surface area contributed by atoms with Crippen LogP contribution in [0.3, 0.4) is 0 Å². The summed E-state index contributed by atoms with van der Waals surface area (Å²) in [6.45, 7) is -0.393. The van der Waals surface area contributed by atoms with Gasteiger partial charge in [-0.05, 0) is 29.7 Å². The molecule has 140 valence electrons. The highest BCUT2D eigenvalue weighted by Crippen LogP contribution is 2.28. The summed E-state index contributed by atoms with van der Waals surface area (Å²) in [6, 6.07) is 2.02. The molecule has 6 nitrogen and oxygen atoms in total. The number of hydrogen-bond donors (Lipinski definition) is 1. The van der Waals surface area contributed by atoms with Crippen molar-refractivity contribution < 1.29 is 22.0 Å². The quantitative estimate of drug-likeness (QED) is 0.591. The number of nitrogens with zero attached hydrogens (tertiary/aromatic N) is 2. The van der Waals surface area contributed by atoms with Crippen LogP contribution in [0, 0.1) is 5.82 Å². The maximum absolute atomic E-state index is 14.4. The zero-order valence-electron chi connectivity index (χ0n) is 13.4.